The quantitative estimate of drug-likeness (QED) is 0.907. The largest absolute Gasteiger partial charge is 0.373 e. The normalized spacial score (nSPS) is 23.8. The minimum atomic E-state index is 0.351. The van der Waals surface area contributed by atoms with Crippen LogP contribution in [0.2, 0.25) is 0 Å². The molecular formula is C15H26N4. The molecule has 4 nitrogen and oxygen atoms in total. The van der Waals surface area contributed by atoms with Crippen LogP contribution in [0, 0.1) is 5.92 Å². The van der Waals surface area contributed by atoms with Crippen molar-refractivity contribution in [2.45, 2.75) is 52.5 Å². The van der Waals surface area contributed by atoms with Gasteiger partial charge < -0.3 is 10.2 Å². The summed E-state index contributed by atoms with van der Waals surface area (Å²) in [5, 5.41) is 3.15. The van der Waals surface area contributed by atoms with Crippen LogP contribution in [0.1, 0.15) is 52.3 Å². The molecule has 1 aromatic rings. The van der Waals surface area contributed by atoms with E-state index in [4.69, 9.17) is 4.98 Å². The number of nitrogens with zero attached hydrogens (tertiary/aromatic N) is 3. The Balaban J connectivity index is 2.34. The lowest BCUT2D eigenvalue weighted by Crippen LogP contribution is -2.43. The minimum absolute atomic E-state index is 0.351. The summed E-state index contributed by atoms with van der Waals surface area (Å²) in [5.41, 5.74) is 0. The summed E-state index contributed by atoms with van der Waals surface area (Å²) in [7, 11) is 1.92. The van der Waals surface area contributed by atoms with Crippen molar-refractivity contribution in [1.29, 1.82) is 0 Å². The van der Waals surface area contributed by atoms with Gasteiger partial charge in [0.25, 0.3) is 0 Å². The number of hydrogen-bond donors (Lipinski definition) is 1. The van der Waals surface area contributed by atoms with Crippen LogP contribution in [-0.4, -0.2) is 29.6 Å². The Morgan fingerprint density at radius 1 is 1.32 bits per heavy atom. The fourth-order valence-electron chi connectivity index (χ4n) is 2.64. The lowest BCUT2D eigenvalue weighted by atomic mass is 9.92. The van der Waals surface area contributed by atoms with Crippen LogP contribution in [0.15, 0.2) is 6.07 Å². The summed E-state index contributed by atoms with van der Waals surface area (Å²) in [5.74, 6) is 3.99. The fourth-order valence-corrected chi connectivity index (χ4v) is 2.64. The maximum Gasteiger partial charge on any atom is 0.135 e. The van der Waals surface area contributed by atoms with Gasteiger partial charge in [-0.2, -0.15) is 0 Å². The van der Waals surface area contributed by atoms with E-state index in [-0.39, 0.29) is 0 Å². The zero-order valence-corrected chi connectivity index (χ0v) is 12.8. The minimum Gasteiger partial charge on any atom is -0.373 e. The van der Waals surface area contributed by atoms with Crippen LogP contribution in [-0.2, 0) is 0 Å². The van der Waals surface area contributed by atoms with E-state index in [1.54, 1.807) is 0 Å². The van der Waals surface area contributed by atoms with Gasteiger partial charge in [-0.15, -0.1) is 0 Å². The van der Waals surface area contributed by atoms with Crippen LogP contribution in [0.4, 0.5) is 11.6 Å². The first-order chi connectivity index (χ1) is 9.02. The molecule has 0 spiro atoms. The standard InChI is InChI=1S/C15H26N4/c1-10(2)15-17-13(16-5)9-14(18-15)19-8-6-7-11(3)12(19)4/h9-12H,6-8H2,1-5H3,(H,16,17,18). The Labute approximate surface area is 116 Å². The Bertz CT molecular complexity index is 430. The van der Waals surface area contributed by atoms with Crippen LogP contribution in [0.5, 0.6) is 0 Å². The van der Waals surface area contributed by atoms with Crippen LogP contribution in [0.3, 0.4) is 0 Å². The third kappa shape index (κ3) is 2.99. The van der Waals surface area contributed by atoms with Crippen LogP contribution in [0.25, 0.3) is 0 Å². The van der Waals surface area contributed by atoms with Crippen molar-refractivity contribution in [3.63, 3.8) is 0 Å². The fraction of sp³-hybridized carbons (Fsp3) is 0.733. The molecule has 0 aromatic carbocycles. The summed E-state index contributed by atoms with van der Waals surface area (Å²) in [4.78, 5) is 11.7. The van der Waals surface area contributed by atoms with Gasteiger partial charge >= 0.3 is 0 Å². The highest BCUT2D eigenvalue weighted by Crippen LogP contribution is 2.29. The molecule has 1 fully saturated rings. The van der Waals surface area contributed by atoms with E-state index in [9.17, 15) is 0 Å². The Kier molecular flexibility index (Phi) is 4.27. The van der Waals surface area contributed by atoms with E-state index >= 15 is 0 Å². The maximum atomic E-state index is 4.76. The molecule has 0 bridgehead atoms. The molecule has 2 heterocycles. The van der Waals surface area contributed by atoms with Crippen molar-refractivity contribution in [1.82, 2.24) is 9.97 Å². The van der Waals surface area contributed by atoms with E-state index in [1.165, 1.54) is 12.8 Å². The SMILES string of the molecule is CNc1cc(N2CCCC(C)C2C)nc(C(C)C)n1. The molecule has 2 unspecified atom stereocenters. The second-order valence-corrected chi connectivity index (χ2v) is 5.93. The zero-order chi connectivity index (χ0) is 14.0. The molecule has 0 radical (unpaired) electrons. The number of nitrogens with one attached hydrogen (secondary N) is 1. The molecular weight excluding hydrogens is 236 g/mol. The second-order valence-electron chi connectivity index (χ2n) is 5.93. The third-order valence-corrected chi connectivity index (χ3v) is 4.17. The number of anilines is 2. The van der Waals surface area contributed by atoms with Gasteiger partial charge in [0.1, 0.15) is 17.5 Å². The highest BCUT2D eigenvalue weighted by Gasteiger charge is 2.26. The average Bonchev–Trinajstić information content (AvgIpc) is 2.41. The summed E-state index contributed by atoms with van der Waals surface area (Å²) in [6.45, 7) is 10.0. The molecule has 4 heteroatoms. The van der Waals surface area contributed by atoms with Crippen molar-refractivity contribution in [2.24, 2.45) is 5.92 Å². The molecule has 1 aliphatic rings. The molecule has 19 heavy (non-hydrogen) atoms. The second kappa shape index (κ2) is 5.76. The Morgan fingerprint density at radius 3 is 2.68 bits per heavy atom. The van der Waals surface area contributed by atoms with Crippen molar-refractivity contribution < 1.29 is 0 Å². The van der Waals surface area contributed by atoms with E-state index in [0.717, 1.165) is 29.9 Å². The van der Waals surface area contributed by atoms with Gasteiger partial charge in [0.15, 0.2) is 0 Å². The predicted molar refractivity (Wildman–Crippen MR) is 80.9 cm³/mol. The smallest absolute Gasteiger partial charge is 0.135 e. The van der Waals surface area contributed by atoms with Crippen molar-refractivity contribution in [2.75, 3.05) is 23.8 Å². The first-order valence-corrected chi connectivity index (χ1v) is 7.36. The summed E-state index contributed by atoms with van der Waals surface area (Å²) in [6, 6.07) is 2.62. The molecule has 106 valence electrons. The zero-order valence-electron chi connectivity index (χ0n) is 12.8. The lowest BCUT2D eigenvalue weighted by molar-refractivity contribution is 0.361. The predicted octanol–water partition coefficient (Wildman–Crippen LogP) is 3.27. The van der Waals surface area contributed by atoms with Crippen LogP contribution >= 0.6 is 0 Å². The molecule has 0 aliphatic carbocycles. The van der Waals surface area contributed by atoms with E-state index in [1.807, 2.05) is 7.05 Å². The Hall–Kier alpha value is -1.32. The van der Waals surface area contributed by atoms with E-state index in [0.29, 0.717) is 12.0 Å². The molecule has 1 aliphatic heterocycles. The number of rotatable bonds is 3. The van der Waals surface area contributed by atoms with E-state index in [2.05, 4.69) is 49.0 Å². The van der Waals surface area contributed by atoms with Crippen LogP contribution < -0.4 is 10.2 Å². The topological polar surface area (TPSA) is 41.0 Å². The number of aromatic nitrogens is 2. The highest BCUT2D eigenvalue weighted by atomic mass is 15.2. The molecule has 0 saturated carbocycles. The lowest BCUT2D eigenvalue weighted by Gasteiger charge is -2.39. The summed E-state index contributed by atoms with van der Waals surface area (Å²) < 4.78 is 0. The highest BCUT2D eigenvalue weighted by molar-refractivity contribution is 5.50. The van der Waals surface area contributed by atoms with Gasteiger partial charge in [-0.05, 0) is 25.7 Å². The number of piperidine rings is 1. The Morgan fingerprint density at radius 2 is 2.05 bits per heavy atom. The molecule has 1 N–H and O–H groups in total. The molecule has 1 aromatic heterocycles. The van der Waals surface area contributed by atoms with Gasteiger partial charge in [0.2, 0.25) is 0 Å². The van der Waals surface area contributed by atoms with Gasteiger partial charge in [0.05, 0.1) is 0 Å². The average molecular weight is 262 g/mol. The summed E-state index contributed by atoms with van der Waals surface area (Å²) in [6.07, 6.45) is 2.57. The van der Waals surface area contributed by atoms with Crippen molar-refractivity contribution in [3.05, 3.63) is 11.9 Å². The van der Waals surface area contributed by atoms with Crippen molar-refractivity contribution >= 4 is 11.6 Å². The molecule has 2 rings (SSSR count). The summed E-state index contributed by atoms with van der Waals surface area (Å²) >= 11 is 0. The van der Waals surface area contributed by atoms with Gasteiger partial charge in [0, 0.05) is 31.6 Å². The monoisotopic (exact) mass is 262 g/mol. The number of hydrogen-bond acceptors (Lipinski definition) is 4. The van der Waals surface area contributed by atoms with Gasteiger partial charge in [-0.3, -0.25) is 0 Å². The van der Waals surface area contributed by atoms with Crippen molar-refractivity contribution in [3.8, 4) is 0 Å². The molecule has 2 atom stereocenters. The van der Waals surface area contributed by atoms with Gasteiger partial charge in [-0.1, -0.05) is 20.8 Å². The molecule has 1 saturated heterocycles. The maximum absolute atomic E-state index is 4.76. The first kappa shape index (κ1) is 14.1. The third-order valence-electron chi connectivity index (χ3n) is 4.17. The van der Waals surface area contributed by atoms with E-state index < -0.39 is 0 Å². The first-order valence-electron chi connectivity index (χ1n) is 7.36. The molecule has 0 amide bonds. The van der Waals surface area contributed by atoms with Gasteiger partial charge in [-0.25, -0.2) is 9.97 Å².